The van der Waals surface area contributed by atoms with Gasteiger partial charge in [0.2, 0.25) is 5.43 Å². The van der Waals surface area contributed by atoms with E-state index in [4.69, 9.17) is 10.5 Å². The topological polar surface area (TPSA) is 97.8 Å². The number of nitrogens with two attached hydrogens (primary N) is 1. The molecule has 2 unspecified atom stereocenters. The number of carboxylic acids is 1. The van der Waals surface area contributed by atoms with Gasteiger partial charge in [0, 0.05) is 36.9 Å². The van der Waals surface area contributed by atoms with Gasteiger partial charge < -0.3 is 25.0 Å². The molecule has 1 aliphatic carbocycles. The monoisotopic (exact) mass is 389 g/mol. The highest BCUT2D eigenvalue weighted by molar-refractivity contribution is 5.99. The van der Waals surface area contributed by atoms with Crippen molar-refractivity contribution in [1.29, 1.82) is 0 Å². The average Bonchev–Trinajstić information content (AvgIpc) is 3.43. The molecule has 1 saturated heterocycles. The van der Waals surface area contributed by atoms with Crippen molar-refractivity contribution in [1.82, 2.24) is 4.57 Å². The lowest BCUT2D eigenvalue weighted by Crippen LogP contribution is -2.29. The summed E-state index contributed by atoms with van der Waals surface area (Å²) in [7, 11) is 1.44. The summed E-state index contributed by atoms with van der Waals surface area (Å²) in [6.07, 6.45) is 3.11. The number of rotatable bonds is 4. The molecule has 3 N–H and O–H groups in total. The van der Waals surface area contributed by atoms with Crippen molar-refractivity contribution in [2.45, 2.75) is 38.8 Å². The number of ether oxygens (including phenoxy) is 1. The van der Waals surface area contributed by atoms with E-state index in [1.54, 1.807) is 4.57 Å². The van der Waals surface area contributed by atoms with Gasteiger partial charge in [-0.1, -0.05) is 6.92 Å². The predicted molar refractivity (Wildman–Crippen MR) is 104 cm³/mol. The van der Waals surface area contributed by atoms with Crippen LogP contribution in [0.5, 0.6) is 5.75 Å². The van der Waals surface area contributed by atoms with Crippen LogP contribution in [-0.4, -0.2) is 41.9 Å². The van der Waals surface area contributed by atoms with E-state index in [0.717, 1.165) is 12.8 Å². The molecule has 1 aliphatic heterocycles. The fraction of sp³-hybridized carbons (Fsp3) is 0.500. The van der Waals surface area contributed by atoms with Crippen LogP contribution in [0.25, 0.3) is 10.9 Å². The minimum atomic E-state index is -1.32. The Kier molecular flexibility index (Phi) is 4.33. The second-order valence-corrected chi connectivity index (χ2v) is 7.91. The number of aromatic carboxylic acids is 1. The number of hydrogen-bond donors (Lipinski definition) is 2. The third-order valence-electron chi connectivity index (χ3n) is 5.94. The van der Waals surface area contributed by atoms with E-state index in [9.17, 15) is 14.7 Å². The molecule has 7 nitrogen and oxygen atoms in total. The highest BCUT2D eigenvalue weighted by Crippen LogP contribution is 2.45. The number of hydrogen-bond acceptors (Lipinski definition) is 5. The first kappa shape index (κ1) is 18.7. The van der Waals surface area contributed by atoms with E-state index in [0.29, 0.717) is 24.3 Å². The Morgan fingerprint density at radius 1 is 1.36 bits per heavy atom. The van der Waals surface area contributed by atoms with Crippen molar-refractivity contribution in [3.63, 3.8) is 0 Å². The molecule has 0 radical (unpaired) electrons. The van der Waals surface area contributed by atoms with Gasteiger partial charge in [0.1, 0.15) is 11.3 Å². The fourth-order valence-electron chi connectivity index (χ4n) is 4.15. The number of halogens is 1. The number of aromatic nitrogens is 1. The van der Waals surface area contributed by atoms with Gasteiger partial charge in [-0.25, -0.2) is 9.18 Å². The van der Waals surface area contributed by atoms with Gasteiger partial charge in [-0.05, 0) is 25.7 Å². The van der Waals surface area contributed by atoms with Gasteiger partial charge in [-0.15, -0.1) is 0 Å². The van der Waals surface area contributed by atoms with Crippen LogP contribution in [0.3, 0.4) is 0 Å². The van der Waals surface area contributed by atoms with Crippen LogP contribution in [0.1, 0.15) is 41.7 Å². The third-order valence-corrected chi connectivity index (χ3v) is 5.94. The summed E-state index contributed by atoms with van der Waals surface area (Å²) in [4.78, 5) is 26.4. The van der Waals surface area contributed by atoms with Crippen LogP contribution < -0.4 is 20.8 Å². The van der Waals surface area contributed by atoms with E-state index < -0.39 is 17.2 Å². The van der Waals surface area contributed by atoms with E-state index in [1.165, 1.54) is 20.2 Å². The van der Waals surface area contributed by atoms with Crippen LogP contribution in [0, 0.1) is 18.7 Å². The number of fused-ring (bicyclic) bond motifs is 1. The smallest absolute Gasteiger partial charge is 0.341 e. The molecule has 2 aliphatic rings. The highest BCUT2D eigenvalue weighted by Gasteiger charge is 2.35. The molecule has 0 spiro atoms. The van der Waals surface area contributed by atoms with Crippen LogP contribution in [0.2, 0.25) is 0 Å². The minimum Gasteiger partial charge on any atom is -0.492 e. The third kappa shape index (κ3) is 2.66. The van der Waals surface area contributed by atoms with Crippen molar-refractivity contribution < 1.29 is 19.0 Å². The number of methoxy groups -OCH3 is 1. The van der Waals surface area contributed by atoms with Gasteiger partial charge in [0.05, 0.1) is 18.0 Å². The molecule has 0 amide bonds. The summed E-state index contributed by atoms with van der Waals surface area (Å²) < 4.78 is 22.9. The summed E-state index contributed by atoms with van der Waals surface area (Å²) in [6.45, 7) is 4.60. The SMILES string of the molecule is COc1c(N2CC(C)C(N)C2)c(F)c(C)c2c(=O)c(C(=O)O)cn(C3CC3)c12. The summed E-state index contributed by atoms with van der Waals surface area (Å²) in [5.74, 6) is -1.42. The molecule has 0 bridgehead atoms. The fourth-order valence-corrected chi connectivity index (χ4v) is 4.15. The van der Waals surface area contributed by atoms with Crippen LogP contribution in [0.15, 0.2) is 11.0 Å². The Bertz CT molecular complexity index is 1030. The number of benzene rings is 1. The summed E-state index contributed by atoms with van der Waals surface area (Å²) >= 11 is 0. The van der Waals surface area contributed by atoms with E-state index in [1.807, 2.05) is 11.8 Å². The molecular weight excluding hydrogens is 365 g/mol. The Morgan fingerprint density at radius 2 is 2.04 bits per heavy atom. The molecule has 150 valence electrons. The first-order chi connectivity index (χ1) is 13.3. The number of carbonyl (C=O) groups is 1. The lowest BCUT2D eigenvalue weighted by Gasteiger charge is -2.26. The molecule has 2 fully saturated rings. The van der Waals surface area contributed by atoms with Crippen molar-refractivity contribution >= 4 is 22.6 Å². The van der Waals surface area contributed by atoms with Gasteiger partial charge >= 0.3 is 5.97 Å². The minimum absolute atomic E-state index is 0.0708. The Labute approximate surface area is 161 Å². The van der Waals surface area contributed by atoms with Crippen molar-refractivity contribution in [2.24, 2.45) is 11.7 Å². The largest absolute Gasteiger partial charge is 0.492 e. The number of pyridine rings is 1. The first-order valence-corrected chi connectivity index (χ1v) is 9.44. The maximum absolute atomic E-state index is 15.5. The quantitative estimate of drug-likeness (QED) is 0.833. The zero-order chi connectivity index (χ0) is 20.3. The van der Waals surface area contributed by atoms with Crippen LogP contribution in [-0.2, 0) is 0 Å². The number of carboxylic acid groups (broad SMARTS) is 1. The molecule has 8 heteroatoms. The standard InChI is InChI=1S/C20H24FN3O4/c1-9-6-23(8-13(9)22)17-15(21)10(2)14-16(19(17)28-3)24(11-4-5-11)7-12(18(14)25)20(26)27/h7,9,11,13H,4-6,8,22H2,1-3H3,(H,26,27). The van der Waals surface area contributed by atoms with E-state index >= 15 is 4.39 Å². The van der Waals surface area contributed by atoms with Crippen molar-refractivity contribution in [2.75, 3.05) is 25.1 Å². The Morgan fingerprint density at radius 3 is 2.54 bits per heavy atom. The van der Waals surface area contributed by atoms with Gasteiger partial charge in [0.25, 0.3) is 0 Å². The normalized spacial score (nSPS) is 22.1. The second kappa shape index (κ2) is 6.48. The first-order valence-electron chi connectivity index (χ1n) is 9.44. The summed E-state index contributed by atoms with van der Waals surface area (Å²) in [6, 6.07) is -0.00677. The maximum Gasteiger partial charge on any atom is 0.341 e. The number of aryl methyl sites for hydroxylation is 1. The number of anilines is 1. The van der Waals surface area contributed by atoms with Gasteiger partial charge in [-0.3, -0.25) is 4.79 Å². The van der Waals surface area contributed by atoms with Crippen LogP contribution in [0.4, 0.5) is 10.1 Å². The molecule has 2 aromatic rings. The van der Waals surface area contributed by atoms with Gasteiger partial charge in [0.15, 0.2) is 11.6 Å². The van der Waals surface area contributed by atoms with Crippen molar-refractivity contribution in [3.8, 4) is 5.75 Å². The summed E-state index contributed by atoms with van der Waals surface area (Å²) in [5, 5.41) is 9.53. The zero-order valence-electron chi connectivity index (χ0n) is 16.2. The zero-order valence-corrected chi connectivity index (χ0v) is 16.2. The molecule has 1 aromatic carbocycles. The summed E-state index contributed by atoms with van der Waals surface area (Å²) in [5.41, 5.74) is 5.99. The second-order valence-electron chi connectivity index (χ2n) is 7.91. The Hall–Kier alpha value is -2.61. The molecule has 2 atom stereocenters. The van der Waals surface area contributed by atoms with Crippen LogP contribution >= 0.6 is 0 Å². The molecule has 4 rings (SSSR count). The van der Waals surface area contributed by atoms with Crippen molar-refractivity contribution in [3.05, 3.63) is 33.4 Å². The maximum atomic E-state index is 15.5. The molecule has 28 heavy (non-hydrogen) atoms. The molecule has 2 heterocycles. The van der Waals surface area contributed by atoms with E-state index in [-0.39, 0.29) is 40.3 Å². The van der Waals surface area contributed by atoms with E-state index in [2.05, 4.69) is 0 Å². The lowest BCUT2D eigenvalue weighted by molar-refractivity contribution is 0.0695. The molecule has 1 saturated carbocycles. The predicted octanol–water partition coefficient (Wildman–Crippen LogP) is 2.27. The average molecular weight is 389 g/mol. The highest BCUT2D eigenvalue weighted by atomic mass is 19.1. The van der Waals surface area contributed by atoms with Gasteiger partial charge in [-0.2, -0.15) is 0 Å². The lowest BCUT2D eigenvalue weighted by atomic mass is 10.0. The number of nitrogens with zero attached hydrogens (tertiary/aromatic N) is 2. The molecular formula is C20H24FN3O4. The Balaban J connectivity index is 2.10. The molecule has 1 aromatic heterocycles.